The molecule has 0 saturated heterocycles. The van der Waals surface area contributed by atoms with Gasteiger partial charge in [-0.2, -0.15) is 10.2 Å². The topological polar surface area (TPSA) is 75.0 Å². The number of nitrogens with zero attached hydrogens (tertiary/aromatic N) is 6. The van der Waals surface area contributed by atoms with Crippen molar-refractivity contribution in [3.63, 3.8) is 0 Å². The summed E-state index contributed by atoms with van der Waals surface area (Å²) in [6.07, 6.45) is 6.95. The molecule has 7 nitrogen and oxygen atoms in total. The van der Waals surface area contributed by atoms with Crippen LogP contribution in [0.3, 0.4) is 0 Å². The Labute approximate surface area is 145 Å². The van der Waals surface area contributed by atoms with Crippen molar-refractivity contribution in [2.45, 2.75) is 13.8 Å². The Hall–Kier alpha value is -3.22. The number of fused-ring (bicyclic) bond motifs is 1. The highest BCUT2D eigenvalue weighted by Gasteiger charge is 2.19. The first-order valence-corrected chi connectivity index (χ1v) is 8.24. The van der Waals surface area contributed by atoms with Gasteiger partial charge < -0.3 is 4.90 Å². The van der Waals surface area contributed by atoms with Gasteiger partial charge in [0.25, 0.3) is 0 Å². The van der Waals surface area contributed by atoms with Gasteiger partial charge in [0.2, 0.25) is 0 Å². The van der Waals surface area contributed by atoms with Crippen LogP contribution in [-0.4, -0.2) is 36.3 Å². The molecule has 0 aliphatic rings. The Morgan fingerprint density at radius 3 is 2.68 bits per heavy atom. The molecule has 25 heavy (non-hydrogen) atoms. The van der Waals surface area contributed by atoms with Crippen LogP contribution in [-0.2, 0) is 0 Å². The minimum Gasteiger partial charge on any atom is -0.323 e. The molecule has 1 N–H and O–H groups in total. The molecule has 1 aromatic carbocycles. The number of hydrogen-bond acceptors (Lipinski definition) is 5. The lowest BCUT2D eigenvalue weighted by atomic mass is 10.2. The molecule has 0 atom stereocenters. The van der Waals surface area contributed by atoms with E-state index in [0.717, 1.165) is 35.0 Å². The summed E-state index contributed by atoms with van der Waals surface area (Å²) in [4.78, 5) is 11.4. The summed E-state index contributed by atoms with van der Waals surface area (Å²) in [6.45, 7) is 5.22. The van der Waals surface area contributed by atoms with Crippen molar-refractivity contribution >= 4 is 17.2 Å². The van der Waals surface area contributed by atoms with Crippen LogP contribution in [0.5, 0.6) is 0 Å². The normalized spacial score (nSPS) is 11.3. The number of hydrogen-bond donors (Lipinski definition) is 1. The number of para-hydroxylation sites is 1. The quantitative estimate of drug-likeness (QED) is 0.606. The molecule has 0 bridgehead atoms. The first kappa shape index (κ1) is 15.3. The zero-order chi connectivity index (χ0) is 17.2. The Morgan fingerprint density at radius 2 is 1.96 bits per heavy atom. The lowest BCUT2D eigenvalue weighted by Gasteiger charge is -2.26. The first-order chi connectivity index (χ1) is 12.2. The highest BCUT2D eigenvalue weighted by Crippen LogP contribution is 2.29. The predicted molar refractivity (Wildman–Crippen MR) is 96.6 cm³/mol. The largest absolute Gasteiger partial charge is 0.323 e. The van der Waals surface area contributed by atoms with Gasteiger partial charge in [0.15, 0.2) is 11.5 Å². The Bertz CT molecular complexity index is 958. The molecule has 0 saturated carbocycles. The molecule has 0 amide bonds. The van der Waals surface area contributed by atoms with Crippen LogP contribution in [0, 0.1) is 5.92 Å². The van der Waals surface area contributed by atoms with Gasteiger partial charge in [-0.25, -0.2) is 14.5 Å². The molecular weight excluding hydrogens is 314 g/mol. The molecule has 0 aliphatic heterocycles. The molecule has 4 aromatic rings. The molecule has 4 rings (SSSR count). The summed E-state index contributed by atoms with van der Waals surface area (Å²) in [7, 11) is 0. The summed E-state index contributed by atoms with van der Waals surface area (Å²) >= 11 is 0. The minimum atomic E-state index is 0.471. The van der Waals surface area contributed by atoms with Crippen molar-refractivity contribution in [2.75, 3.05) is 11.4 Å². The maximum atomic E-state index is 4.73. The van der Waals surface area contributed by atoms with Gasteiger partial charge in [-0.3, -0.25) is 5.10 Å². The maximum absolute atomic E-state index is 4.73. The van der Waals surface area contributed by atoms with Crippen LogP contribution in [0.1, 0.15) is 13.8 Å². The number of anilines is 2. The second-order valence-electron chi connectivity index (χ2n) is 6.29. The predicted octanol–water partition coefficient (Wildman–Crippen LogP) is 3.31. The number of nitrogens with one attached hydrogen (secondary N) is 1. The summed E-state index contributed by atoms with van der Waals surface area (Å²) in [5, 5.41) is 11.2. The van der Waals surface area contributed by atoms with Gasteiger partial charge in [-0.05, 0) is 18.1 Å². The average Bonchev–Trinajstić information content (AvgIpc) is 3.31. The third-order valence-electron chi connectivity index (χ3n) is 3.95. The molecule has 3 heterocycles. The molecule has 0 spiro atoms. The van der Waals surface area contributed by atoms with E-state index in [1.54, 1.807) is 12.5 Å². The summed E-state index contributed by atoms with van der Waals surface area (Å²) in [6, 6.07) is 10.2. The van der Waals surface area contributed by atoms with Crippen LogP contribution in [0.15, 0.2) is 55.2 Å². The molecule has 0 aliphatic carbocycles. The fraction of sp³-hybridized carbons (Fsp3) is 0.222. The fourth-order valence-corrected chi connectivity index (χ4v) is 2.87. The van der Waals surface area contributed by atoms with E-state index >= 15 is 0 Å². The summed E-state index contributed by atoms with van der Waals surface area (Å²) in [5.74, 6) is 1.27. The van der Waals surface area contributed by atoms with Gasteiger partial charge in [0, 0.05) is 24.0 Å². The average molecular weight is 333 g/mol. The van der Waals surface area contributed by atoms with Crippen LogP contribution < -0.4 is 4.90 Å². The third-order valence-corrected chi connectivity index (χ3v) is 3.95. The van der Waals surface area contributed by atoms with Crippen LogP contribution >= 0.6 is 0 Å². The van der Waals surface area contributed by atoms with E-state index in [4.69, 9.17) is 4.98 Å². The molecule has 7 heteroatoms. The van der Waals surface area contributed by atoms with Crippen molar-refractivity contribution in [1.82, 2.24) is 29.8 Å². The third kappa shape index (κ3) is 2.84. The van der Waals surface area contributed by atoms with Crippen LogP contribution in [0.2, 0.25) is 0 Å². The monoisotopic (exact) mass is 333 g/mol. The van der Waals surface area contributed by atoms with Crippen LogP contribution in [0.4, 0.5) is 11.5 Å². The Kier molecular flexibility index (Phi) is 3.89. The molecule has 3 aromatic heterocycles. The lowest BCUT2D eigenvalue weighted by molar-refractivity contribution is 0.648. The van der Waals surface area contributed by atoms with Crippen molar-refractivity contribution in [3.8, 4) is 11.3 Å². The van der Waals surface area contributed by atoms with Crippen molar-refractivity contribution in [1.29, 1.82) is 0 Å². The lowest BCUT2D eigenvalue weighted by Crippen LogP contribution is -2.24. The molecule has 126 valence electrons. The van der Waals surface area contributed by atoms with Crippen molar-refractivity contribution in [2.24, 2.45) is 5.92 Å². The van der Waals surface area contributed by atoms with E-state index in [2.05, 4.69) is 51.2 Å². The van der Waals surface area contributed by atoms with E-state index in [0.29, 0.717) is 5.92 Å². The van der Waals surface area contributed by atoms with E-state index in [1.807, 2.05) is 35.1 Å². The standard InChI is InChI=1S/C18H19N7/c1-13(2)11-24(15-6-4-3-5-7-15)17-18-20-12-23-25(18)16(10-19-17)14-8-21-22-9-14/h3-10,12-13H,11H2,1-2H3,(H,21,22). The smallest absolute Gasteiger partial charge is 0.199 e. The fourth-order valence-electron chi connectivity index (χ4n) is 2.87. The van der Waals surface area contributed by atoms with E-state index in [9.17, 15) is 0 Å². The first-order valence-electron chi connectivity index (χ1n) is 8.24. The number of H-pyrrole nitrogens is 1. The number of benzene rings is 1. The Balaban J connectivity index is 1.87. The highest BCUT2D eigenvalue weighted by molar-refractivity contribution is 5.75. The molecular formula is C18H19N7. The highest BCUT2D eigenvalue weighted by atomic mass is 15.3. The molecule has 0 fully saturated rings. The minimum absolute atomic E-state index is 0.471. The molecule has 0 unspecified atom stereocenters. The van der Waals surface area contributed by atoms with Gasteiger partial charge in [-0.1, -0.05) is 32.0 Å². The summed E-state index contributed by atoms with van der Waals surface area (Å²) < 4.78 is 1.81. The van der Waals surface area contributed by atoms with Crippen molar-refractivity contribution < 1.29 is 0 Å². The van der Waals surface area contributed by atoms with E-state index < -0.39 is 0 Å². The van der Waals surface area contributed by atoms with E-state index in [1.165, 1.54) is 0 Å². The van der Waals surface area contributed by atoms with Gasteiger partial charge in [0.05, 0.1) is 18.1 Å². The zero-order valence-electron chi connectivity index (χ0n) is 14.2. The Morgan fingerprint density at radius 1 is 1.12 bits per heavy atom. The molecule has 0 radical (unpaired) electrons. The second kappa shape index (κ2) is 6.35. The van der Waals surface area contributed by atoms with Gasteiger partial charge in [0.1, 0.15) is 6.33 Å². The number of aromatic amines is 1. The number of rotatable bonds is 5. The van der Waals surface area contributed by atoms with Crippen molar-refractivity contribution in [3.05, 3.63) is 55.2 Å². The zero-order valence-corrected chi connectivity index (χ0v) is 14.2. The van der Waals surface area contributed by atoms with Crippen LogP contribution in [0.25, 0.3) is 16.9 Å². The van der Waals surface area contributed by atoms with E-state index in [-0.39, 0.29) is 0 Å². The number of aromatic nitrogens is 6. The summed E-state index contributed by atoms with van der Waals surface area (Å²) in [5.41, 5.74) is 3.58. The van der Waals surface area contributed by atoms with Gasteiger partial charge >= 0.3 is 0 Å². The maximum Gasteiger partial charge on any atom is 0.199 e. The SMILES string of the molecule is CC(C)CN(c1ccccc1)c1ncc(-c2cn[nH]c2)n2ncnc12. The van der Waals surface area contributed by atoms with Gasteiger partial charge in [-0.15, -0.1) is 0 Å². The second-order valence-corrected chi connectivity index (χ2v) is 6.29.